The van der Waals surface area contributed by atoms with Gasteiger partial charge in [-0.2, -0.15) is 0 Å². The topological polar surface area (TPSA) is 32.6 Å². The minimum absolute atomic E-state index is 0. The van der Waals surface area contributed by atoms with E-state index in [4.69, 9.17) is 0 Å². The summed E-state index contributed by atoms with van der Waals surface area (Å²) in [6.07, 6.45) is 31.7. The molecule has 0 radical (unpaired) electrons. The van der Waals surface area contributed by atoms with Crippen LogP contribution < -0.4 is 17.0 Å². The summed E-state index contributed by atoms with van der Waals surface area (Å²) in [4.78, 5) is 6.65. The molecule has 0 amide bonds. The van der Waals surface area contributed by atoms with Crippen LogP contribution in [0.1, 0.15) is 96.8 Å². The van der Waals surface area contributed by atoms with Gasteiger partial charge in [0.15, 0.2) is 12.4 Å². The van der Waals surface area contributed by atoms with Crippen LogP contribution >= 0.6 is 0 Å². The normalized spacial score (nSPS) is 9.68. The summed E-state index contributed by atoms with van der Waals surface area (Å²) < 4.78 is 2.29. The molecule has 1 N–H and O–H groups in total. The van der Waals surface area contributed by atoms with Crippen LogP contribution in [0.25, 0.3) is 0 Å². The lowest BCUT2D eigenvalue weighted by atomic mass is 10.0. The molecule has 190 valence electrons. The van der Waals surface area contributed by atoms with Crippen molar-refractivity contribution in [3.8, 4) is 0 Å². The summed E-state index contributed by atoms with van der Waals surface area (Å²) in [5.41, 5.74) is 0. The Balaban J connectivity index is 0.000000733. The Bertz CT molecular complexity index is 646. The zero-order chi connectivity index (χ0) is 23.5. The molecule has 0 bridgehead atoms. The van der Waals surface area contributed by atoms with Crippen molar-refractivity contribution >= 4 is 0 Å². The van der Waals surface area contributed by atoms with E-state index in [2.05, 4.69) is 52.1 Å². The molecule has 0 aliphatic rings. The van der Waals surface area contributed by atoms with E-state index in [9.17, 15) is 0 Å². The van der Waals surface area contributed by atoms with Crippen LogP contribution in [0.4, 0.5) is 0 Å². The van der Waals surface area contributed by atoms with Crippen molar-refractivity contribution in [3.63, 3.8) is 0 Å². The Morgan fingerprint density at radius 3 is 1.32 bits per heavy atom. The average molecular weight is 486 g/mol. The van der Waals surface area contributed by atoms with Crippen LogP contribution in [-0.2, 0) is 6.54 Å². The van der Waals surface area contributed by atoms with Crippen molar-refractivity contribution in [3.05, 3.63) is 85.7 Å². The van der Waals surface area contributed by atoms with Gasteiger partial charge in [-0.3, -0.25) is 4.98 Å². The predicted molar refractivity (Wildman–Crippen MR) is 142 cm³/mol. The molecule has 0 aliphatic carbocycles. The van der Waals surface area contributed by atoms with Crippen LogP contribution in [0.15, 0.2) is 85.7 Å². The number of H-pyrrole nitrogens is 1. The Morgan fingerprint density at radius 1 is 0.529 bits per heavy atom. The quantitative estimate of drug-likeness (QED) is 0.222. The maximum atomic E-state index is 3.78. The van der Waals surface area contributed by atoms with Crippen molar-refractivity contribution in [2.75, 3.05) is 0 Å². The van der Waals surface area contributed by atoms with Gasteiger partial charge in [0.25, 0.3) is 0 Å². The van der Waals surface area contributed by atoms with Gasteiger partial charge in [0.1, 0.15) is 6.54 Å². The number of unbranched alkanes of at least 4 members (excludes halogenated alkanes) is 13. The lowest BCUT2D eigenvalue weighted by Crippen LogP contribution is -3.00. The van der Waals surface area contributed by atoms with Gasteiger partial charge in [-0.1, -0.05) is 96.1 Å². The van der Waals surface area contributed by atoms with E-state index in [1.54, 1.807) is 12.4 Å². The number of aryl methyl sites for hydroxylation is 1. The van der Waals surface area contributed by atoms with Crippen molar-refractivity contribution in [2.24, 2.45) is 0 Å². The molecular formula is C30H48ClN3. The monoisotopic (exact) mass is 485 g/mol. The minimum atomic E-state index is 0. The van der Waals surface area contributed by atoms with Crippen molar-refractivity contribution in [1.29, 1.82) is 0 Å². The number of nitrogens with one attached hydrogen (secondary N) is 1. The van der Waals surface area contributed by atoms with Gasteiger partial charge < -0.3 is 17.4 Å². The molecule has 0 fully saturated rings. The predicted octanol–water partition coefficient (Wildman–Crippen LogP) is 5.56. The van der Waals surface area contributed by atoms with Crippen molar-refractivity contribution < 1.29 is 17.0 Å². The smallest absolute Gasteiger partial charge is 0.168 e. The molecule has 3 heterocycles. The molecule has 34 heavy (non-hydrogen) atoms. The van der Waals surface area contributed by atoms with Crippen LogP contribution in [-0.4, -0.2) is 9.97 Å². The molecule has 3 rings (SSSR count). The number of pyridine rings is 2. The third kappa shape index (κ3) is 23.0. The maximum Gasteiger partial charge on any atom is 0.168 e. The summed E-state index contributed by atoms with van der Waals surface area (Å²) in [6.45, 7) is 3.47. The lowest BCUT2D eigenvalue weighted by Gasteiger charge is -2.02. The maximum absolute atomic E-state index is 3.78. The Hall–Kier alpha value is -2.13. The van der Waals surface area contributed by atoms with Gasteiger partial charge in [0.05, 0.1) is 0 Å². The number of nitrogens with zero attached hydrogens (tertiary/aromatic N) is 2. The fraction of sp³-hybridized carbons (Fsp3) is 0.533. The van der Waals surface area contributed by atoms with Gasteiger partial charge in [0, 0.05) is 43.3 Å². The summed E-state index contributed by atoms with van der Waals surface area (Å²) in [5.74, 6) is 0. The van der Waals surface area contributed by atoms with E-state index in [0.29, 0.717) is 0 Å². The number of hydrogen-bond acceptors (Lipinski definition) is 1. The molecule has 0 aromatic carbocycles. The highest BCUT2D eigenvalue weighted by atomic mass is 35.5. The fourth-order valence-corrected chi connectivity index (χ4v) is 3.66. The van der Waals surface area contributed by atoms with E-state index in [-0.39, 0.29) is 12.4 Å². The van der Waals surface area contributed by atoms with E-state index >= 15 is 0 Å². The molecule has 4 heteroatoms. The van der Waals surface area contributed by atoms with Crippen molar-refractivity contribution in [2.45, 2.75) is 103 Å². The zero-order valence-electron chi connectivity index (χ0n) is 21.5. The first-order valence-corrected chi connectivity index (χ1v) is 13.3. The molecule has 0 unspecified atom stereocenters. The average Bonchev–Trinajstić information content (AvgIpc) is 3.47. The fourth-order valence-electron chi connectivity index (χ4n) is 3.66. The summed E-state index contributed by atoms with van der Waals surface area (Å²) >= 11 is 0. The number of aromatic nitrogens is 3. The second-order valence-corrected chi connectivity index (χ2v) is 8.62. The van der Waals surface area contributed by atoms with Crippen LogP contribution in [0.3, 0.4) is 0 Å². The largest absolute Gasteiger partial charge is 1.00 e. The first-order valence-electron chi connectivity index (χ1n) is 13.3. The van der Waals surface area contributed by atoms with Gasteiger partial charge in [-0.25, -0.2) is 4.57 Å². The first-order chi connectivity index (χ1) is 16.4. The zero-order valence-corrected chi connectivity index (χ0v) is 22.2. The number of hydrogen-bond donors (Lipinski definition) is 1. The highest BCUT2D eigenvalue weighted by Gasteiger charge is 1.98. The standard InChI is InChI=1S/C21H38N.C5H5N.C4H5N.ClH/c1-2-3-4-5-6-7-8-9-10-11-12-13-14-16-19-22-20-17-15-18-21-22;1-2-4-6-5-3-1;1-2-4-5-3-1;/h15,17-18,20-21H,2-14,16,19H2,1H3;1-5H;1-5H;1H/q+1;;;/p-1. The summed E-state index contributed by atoms with van der Waals surface area (Å²) in [7, 11) is 0. The summed E-state index contributed by atoms with van der Waals surface area (Å²) in [5, 5.41) is 0. The molecule has 0 spiro atoms. The molecule has 0 saturated carbocycles. The van der Waals surface area contributed by atoms with Gasteiger partial charge in [-0.15, -0.1) is 0 Å². The SMILES string of the molecule is CCCCCCCCCCCCCCCC[n+]1ccccc1.[Cl-].c1cc[nH]c1.c1ccncc1. The molecule has 3 aromatic rings. The minimum Gasteiger partial charge on any atom is -1.00 e. The van der Waals surface area contributed by atoms with E-state index in [1.165, 1.54) is 96.4 Å². The molecule has 3 aromatic heterocycles. The molecular weight excluding hydrogens is 438 g/mol. The van der Waals surface area contributed by atoms with Crippen LogP contribution in [0.5, 0.6) is 0 Å². The van der Waals surface area contributed by atoms with E-state index < -0.39 is 0 Å². The van der Waals surface area contributed by atoms with Crippen LogP contribution in [0.2, 0.25) is 0 Å². The van der Waals surface area contributed by atoms with Gasteiger partial charge >= 0.3 is 0 Å². The second-order valence-electron chi connectivity index (χ2n) is 8.62. The highest BCUT2D eigenvalue weighted by molar-refractivity contribution is 4.88. The third-order valence-electron chi connectivity index (χ3n) is 5.61. The molecule has 0 aliphatic heterocycles. The van der Waals surface area contributed by atoms with Gasteiger partial charge in [0.2, 0.25) is 0 Å². The van der Waals surface area contributed by atoms with Crippen LogP contribution in [0, 0.1) is 0 Å². The number of halogens is 1. The van der Waals surface area contributed by atoms with E-state index in [1.807, 2.05) is 42.7 Å². The number of aromatic amines is 1. The first kappa shape index (κ1) is 31.9. The highest BCUT2D eigenvalue weighted by Crippen LogP contribution is 2.12. The molecule has 0 saturated heterocycles. The second kappa shape index (κ2) is 27.1. The summed E-state index contributed by atoms with van der Waals surface area (Å²) in [6, 6.07) is 15.9. The van der Waals surface area contributed by atoms with Gasteiger partial charge in [-0.05, 0) is 30.7 Å². The van der Waals surface area contributed by atoms with E-state index in [0.717, 1.165) is 0 Å². The van der Waals surface area contributed by atoms with Crippen molar-refractivity contribution in [1.82, 2.24) is 9.97 Å². The Labute approximate surface area is 215 Å². The number of rotatable bonds is 15. The Kier molecular flexibility index (Phi) is 25.4. The molecule has 3 nitrogen and oxygen atoms in total. The lowest BCUT2D eigenvalue weighted by molar-refractivity contribution is -0.697. The third-order valence-corrected chi connectivity index (χ3v) is 5.61. The molecule has 0 atom stereocenters. The Morgan fingerprint density at radius 2 is 0.971 bits per heavy atom.